The van der Waals surface area contributed by atoms with E-state index in [1.54, 1.807) is 0 Å². The molecule has 3 heterocycles. The third-order valence-electron chi connectivity index (χ3n) is 5.57. The Morgan fingerprint density at radius 2 is 2.04 bits per heavy atom. The summed E-state index contributed by atoms with van der Waals surface area (Å²) in [7, 11) is 0. The van der Waals surface area contributed by atoms with E-state index in [0.29, 0.717) is 36.9 Å². The number of halogens is 1. The molecule has 0 aliphatic carbocycles. The largest absolute Gasteiger partial charge is 0.465 e. The van der Waals surface area contributed by atoms with Gasteiger partial charge in [0.25, 0.3) is 0 Å². The fraction of sp³-hybridized carbons (Fsp3) is 0.400. The van der Waals surface area contributed by atoms with Crippen LogP contribution in [0.4, 0.5) is 20.6 Å². The van der Waals surface area contributed by atoms with Gasteiger partial charge in [-0.1, -0.05) is 6.07 Å². The number of hydrogen-bond donors (Lipinski definition) is 2. The Bertz CT molecular complexity index is 848. The van der Waals surface area contributed by atoms with Gasteiger partial charge in [-0.15, -0.1) is 0 Å². The van der Waals surface area contributed by atoms with E-state index in [2.05, 4.69) is 11.1 Å². The number of amides is 1. The van der Waals surface area contributed by atoms with Gasteiger partial charge in [0.15, 0.2) is 0 Å². The lowest BCUT2D eigenvalue weighted by molar-refractivity contribution is 0.132. The molecule has 2 aliphatic rings. The molecule has 2 aromatic rings. The number of anilines is 2. The summed E-state index contributed by atoms with van der Waals surface area (Å²) in [5.74, 6) is 0.0689. The summed E-state index contributed by atoms with van der Waals surface area (Å²) in [4.78, 5) is 19.1. The SMILES string of the molecule is Nc1cc(F)c2c(c1)CCN2Cc1ccc(C2CCN(C(=O)O)CC2)cn1. The molecule has 1 saturated heterocycles. The maximum Gasteiger partial charge on any atom is 0.407 e. The second kappa shape index (κ2) is 7.06. The minimum absolute atomic E-state index is 0.274. The van der Waals surface area contributed by atoms with Crippen LogP contribution in [-0.2, 0) is 13.0 Å². The van der Waals surface area contributed by atoms with E-state index in [1.807, 2.05) is 23.2 Å². The summed E-state index contributed by atoms with van der Waals surface area (Å²) in [6.45, 7) is 2.45. The number of hydrogen-bond acceptors (Lipinski definition) is 4. The number of rotatable bonds is 3. The summed E-state index contributed by atoms with van der Waals surface area (Å²) in [5.41, 5.74) is 9.82. The molecule has 27 heavy (non-hydrogen) atoms. The molecule has 1 fully saturated rings. The zero-order valence-corrected chi connectivity index (χ0v) is 15.1. The average molecular weight is 370 g/mol. The summed E-state index contributed by atoms with van der Waals surface area (Å²) in [6.07, 6.45) is 3.46. The number of nitrogen functional groups attached to an aromatic ring is 1. The zero-order valence-electron chi connectivity index (χ0n) is 15.1. The van der Waals surface area contributed by atoms with Gasteiger partial charge in [-0.25, -0.2) is 9.18 Å². The lowest BCUT2D eigenvalue weighted by atomic mass is 9.90. The third kappa shape index (κ3) is 3.54. The Morgan fingerprint density at radius 1 is 1.26 bits per heavy atom. The molecule has 0 saturated carbocycles. The minimum Gasteiger partial charge on any atom is -0.465 e. The van der Waals surface area contributed by atoms with Crippen LogP contribution in [0.5, 0.6) is 0 Å². The first-order chi connectivity index (χ1) is 13.0. The molecule has 3 N–H and O–H groups in total. The van der Waals surface area contributed by atoms with Crippen molar-refractivity contribution in [2.75, 3.05) is 30.3 Å². The topological polar surface area (TPSA) is 82.7 Å². The van der Waals surface area contributed by atoms with Crippen molar-refractivity contribution in [3.63, 3.8) is 0 Å². The van der Waals surface area contributed by atoms with Gasteiger partial charge in [0.05, 0.1) is 17.9 Å². The summed E-state index contributed by atoms with van der Waals surface area (Å²) in [5, 5.41) is 9.05. The highest BCUT2D eigenvalue weighted by atomic mass is 19.1. The Balaban J connectivity index is 1.42. The Hall–Kier alpha value is -2.83. The number of nitrogens with zero attached hydrogens (tertiary/aromatic N) is 3. The van der Waals surface area contributed by atoms with E-state index in [9.17, 15) is 9.18 Å². The number of likely N-dealkylation sites (tertiary alicyclic amines) is 1. The normalized spacial score (nSPS) is 17.2. The molecular weight excluding hydrogens is 347 g/mol. The molecule has 142 valence electrons. The molecule has 0 spiro atoms. The van der Waals surface area contributed by atoms with Crippen molar-refractivity contribution in [3.05, 3.63) is 53.1 Å². The second-order valence-electron chi connectivity index (χ2n) is 7.31. The van der Waals surface area contributed by atoms with Crippen molar-refractivity contribution < 1.29 is 14.3 Å². The van der Waals surface area contributed by atoms with Crippen molar-refractivity contribution in [1.82, 2.24) is 9.88 Å². The number of piperidine rings is 1. The van der Waals surface area contributed by atoms with E-state index in [1.165, 1.54) is 11.0 Å². The van der Waals surface area contributed by atoms with Gasteiger partial charge in [-0.3, -0.25) is 4.98 Å². The van der Waals surface area contributed by atoms with Crippen LogP contribution in [-0.4, -0.2) is 40.7 Å². The fourth-order valence-corrected chi connectivity index (χ4v) is 4.12. The highest BCUT2D eigenvalue weighted by Gasteiger charge is 2.25. The van der Waals surface area contributed by atoms with Crippen LogP contribution in [0.2, 0.25) is 0 Å². The summed E-state index contributed by atoms with van der Waals surface area (Å²) < 4.78 is 14.3. The molecule has 1 aromatic heterocycles. The Morgan fingerprint density at radius 3 is 2.70 bits per heavy atom. The van der Waals surface area contributed by atoms with Crippen LogP contribution in [0.1, 0.15) is 35.6 Å². The summed E-state index contributed by atoms with van der Waals surface area (Å²) in [6, 6.07) is 7.28. The van der Waals surface area contributed by atoms with Crippen LogP contribution in [0.3, 0.4) is 0 Å². The lowest BCUT2D eigenvalue weighted by Crippen LogP contribution is -2.36. The molecule has 4 rings (SSSR count). The van der Waals surface area contributed by atoms with E-state index in [0.717, 1.165) is 42.6 Å². The molecule has 7 heteroatoms. The quantitative estimate of drug-likeness (QED) is 0.811. The predicted octanol–water partition coefficient (Wildman–Crippen LogP) is 3.22. The van der Waals surface area contributed by atoms with Crippen LogP contribution in [0.25, 0.3) is 0 Å². The van der Waals surface area contributed by atoms with Crippen molar-refractivity contribution in [2.24, 2.45) is 0 Å². The van der Waals surface area contributed by atoms with Crippen LogP contribution >= 0.6 is 0 Å². The van der Waals surface area contributed by atoms with Gasteiger partial charge < -0.3 is 20.6 Å². The number of fused-ring (bicyclic) bond motifs is 1. The van der Waals surface area contributed by atoms with Gasteiger partial charge in [0.1, 0.15) is 5.82 Å². The third-order valence-corrected chi connectivity index (χ3v) is 5.57. The molecule has 0 radical (unpaired) electrons. The first-order valence-electron chi connectivity index (χ1n) is 9.27. The number of pyridine rings is 1. The van der Waals surface area contributed by atoms with Crippen molar-refractivity contribution >= 4 is 17.5 Å². The van der Waals surface area contributed by atoms with Crippen LogP contribution < -0.4 is 10.6 Å². The number of nitrogens with two attached hydrogens (primary N) is 1. The van der Waals surface area contributed by atoms with Gasteiger partial charge >= 0.3 is 6.09 Å². The number of aromatic nitrogens is 1. The van der Waals surface area contributed by atoms with E-state index < -0.39 is 6.09 Å². The maximum absolute atomic E-state index is 14.3. The molecule has 0 atom stereocenters. The molecule has 1 aromatic carbocycles. The maximum atomic E-state index is 14.3. The molecule has 2 aliphatic heterocycles. The Kier molecular flexibility index (Phi) is 4.59. The highest BCUT2D eigenvalue weighted by molar-refractivity contribution is 5.65. The predicted molar refractivity (Wildman–Crippen MR) is 101 cm³/mol. The van der Waals surface area contributed by atoms with Gasteiger partial charge in [-0.2, -0.15) is 0 Å². The van der Waals surface area contributed by atoms with Gasteiger partial charge in [0.2, 0.25) is 0 Å². The summed E-state index contributed by atoms with van der Waals surface area (Å²) >= 11 is 0. The standard InChI is InChI=1S/C20H23FN4O2/c21-18-10-16(22)9-14-5-8-25(19(14)18)12-17-2-1-15(11-23-17)13-3-6-24(7-4-13)20(26)27/h1-2,9-11,13H,3-8,12,22H2,(H,26,27). The number of carboxylic acid groups (broad SMARTS) is 1. The minimum atomic E-state index is -0.846. The molecule has 6 nitrogen and oxygen atoms in total. The van der Waals surface area contributed by atoms with Crippen molar-refractivity contribution in [2.45, 2.75) is 31.7 Å². The van der Waals surface area contributed by atoms with E-state index in [-0.39, 0.29) is 5.82 Å². The van der Waals surface area contributed by atoms with Crippen molar-refractivity contribution in [3.8, 4) is 0 Å². The smallest absolute Gasteiger partial charge is 0.407 e. The highest BCUT2D eigenvalue weighted by Crippen LogP contribution is 2.34. The lowest BCUT2D eigenvalue weighted by Gasteiger charge is -2.30. The monoisotopic (exact) mass is 370 g/mol. The van der Waals surface area contributed by atoms with E-state index in [4.69, 9.17) is 10.8 Å². The number of benzene rings is 1. The zero-order chi connectivity index (χ0) is 19.0. The first-order valence-corrected chi connectivity index (χ1v) is 9.27. The number of carbonyl (C=O) groups is 1. The molecule has 0 unspecified atom stereocenters. The van der Waals surface area contributed by atoms with E-state index >= 15 is 0 Å². The molecular formula is C20H23FN4O2. The van der Waals surface area contributed by atoms with Crippen LogP contribution in [0.15, 0.2) is 30.5 Å². The molecule has 1 amide bonds. The Labute approximate surface area is 157 Å². The van der Waals surface area contributed by atoms with Crippen molar-refractivity contribution in [1.29, 1.82) is 0 Å². The fourth-order valence-electron chi connectivity index (χ4n) is 4.12. The van der Waals surface area contributed by atoms with Gasteiger partial charge in [-0.05, 0) is 54.5 Å². The second-order valence-corrected chi connectivity index (χ2v) is 7.31. The average Bonchev–Trinajstić information content (AvgIpc) is 3.05. The molecule has 0 bridgehead atoms. The van der Waals surface area contributed by atoms with Gasteiger partial charge in [0, 0.05) is 31.5 Å². The first kappa shape index (κ1) is 17.6. The van der Waals surface area contributed by atoms with Crippen LogP contribution in [0, 0.1) is 5.82 Å².